The minimum absolute atomic E-state index is 0.0729. The Morgan fingerprint density at radius 1 is 1.60 bits per heavy atom. The number of rotatable bonds is 1. The number of hydrogen-bond donors (Lipinski definition) is 0. The smallest absolute Gasteiger partial charge is 0.364 e. The number of carbonyl (C=O) groups excluding carboxylic acids is 1. The number of likely N-dealkylation sites (tertiary alicyclic amines) is 1. The summed E-state index contributed by atoms with van der Waals surface area (Å²) in [6.45, 7) is 1.08. The zero-order chi connectivity index (χ0) is 7.78. The standard InChI is InChI=1S/C7H14NO2/c1-8(2)5-4-6(8)7(9)10-3/h6H,4-5H2,1-3H3/q+1. The topological polar surface area (TPSA) is 26.3 Å². The highest BCUT2D eigenvalue weighted by molar-refractivity contribution is 5.75. The van der Waals surface area contributed by atoms with Gasteiger partial charge in [-0.25, -0.2) is 4.79 Å². The van der Waals surface area contributed by atoms with Crippen LogP contribution in [0.2, 0.25) is 0 Å². The van der Waals surface area contributed by atoms with Crippen LogP contribution in [0.15, 0.2) is 0 Å². The number of nitrogens with zero attached hydrogens (tertiary/aromatic N) is 1. The molecule has 0 aromatic heterocycles. The van der Waals surface area contributed by atoms with Gasteiger partial charge in [-0.2, -0.15) is 0 Å². The van der Waals surface area contributed by atoms with E-state index in [4.69, 9.17) is 0 Å². The molecule has 1 atom stereocenters. The van der Waals surface area contributed by atoms with Crippen molar-refractivity contribution in [2.24, 2.45) is 0 Å². The van der Waals surface area contributed by atoms with E-state index in [0.29, 0.717) is 0 Å². The molecule has 3 nitrogen and oxygen atoms in total. The molecule has 0 radical (unpaired) electrons. The van der Waals surface area contributed by atoms with Crippen molar-refractivity contribution in [1.29, 1.82) is 0 Å². The first kappa shape index (κ1) is 7.54. The highest BCUT2D eigenvalue weighted by Gasteiger charge is 2.44. The quantitative estimate of drug-likeness (QED) is 0.383. The maximum Gasteiger partial charge on any atom is 0.364 e. The van der Waals surface area contributed by atoms with Crippen LogP contribution in [0.5, 0.6) is 0 Å². The Labute approximate surface area is 61.2 Å². The van der Waals surface area contributed by atoms with Crippen molar-refractivity contribution in [2.45, 2.75) is 12.5 Å². The Bertz CT molecular complexity index is 154. The van der Waals surface area contributed by atoms with Gasteiger partial charge in [0.1, 0.15) is 0 Å². The summed E-state index contributed by atoms with van der Waals surface area (Å²) in [6.07, 6.45) is 0.972. The van der Waals surface area contributed by atoms with Crippen molar-refractivity contribution in [2.75, 3.05) is 27.7 Å². The van der Waals surface area contributed by atoms with Crippen molar-refractivity contribution >= 4 is 5.97 Å². The van der Waals surface area contributed by atoms with Gasteiger partial charge < -0.3 is 9.22 Å². The van der Waals surface area contributed by atoms with Crippen LogP contribution in [0.1, 0.15) is 6.42 Å². The van der Waals surface area contributed by atoms with Gasteiger partial charge >= 0.3 is 5.97 Å². The molecule has 1 rings (SSSR count). The number of carbonyl (C=O) groups is 1. The lowest BCUT2D eigenvalue weighted by atomic mass is 10.0. The molecule has 1 saturated heterocycles. The average molecular weight is 144 g/mol. The fourth-order valence-corrected chi connectivity index (χ4v) is 1.31. The number of methoxy groups -OCH3 is 1. The molecular formula is C7H14NO2+. The van der Waals surface area contributed by atoms with Gasteiger partial charge in [0, 0.05) is 0 Å². The Hall–Kier alpha value is -0.570. The summed E-state index contributed by atoms with van der Waals surface area (Å²) in [6, 6.07) is 0.0880. The molecule has 3 heteroatoms. The minimum atomic E-state index is -0.0729. The molecule has 1 unspecified atom stereocenters. The number of likely N-dealkylation sites (N-methyl/N-ethyl adjacent to an activating group) is 1. The van der Waals surface area contributed by atoms with Gasteiger partial charge in [-0.15, -0.1) is 0 Å². The number of esters is 1. The molecule has 1 fully saturated rings. The maximum absolute atomic E-state index is 11.0. The van der Waals surface area contributed by atoms with E-state index < -0.39 is 0 Å². The molecule has 0 amide bonds. The summed E-state index contributed by atoms with van der Waals surface area (Å²) in [7, 11) is 5.54. The average Bonchev–Trinajstić information content (AvgIpc) is 1.86. The molecule has 1 aliphatic heterocycles. The third-order valence-electron chi connectivity index (χ3n) is 2.30. The SMILES string of the molecule is COC(=O)C1CC[N+]1(C)C. The zero-order valence-electron chi connectivity index (χ0n) is 6.76. The number of quaternary nitrogens is 1. The fraction of sp³-hybridized carbons (Fsp3) is 0.857. The molecule has 10 heavy (non-hydrogen) atoms. The van der Waals surface area contributed by atoms with Crippen LogP contribution in [0.4, 0.5) is 0 Å². The van der Waals surface area contributed by atoms with E-state index in [0.717, 1.165) is 17.4 Å². The summed E-state index contributed by atoms with van der Waals surface area (Å²) in [5, 5.41) is 0. The molecule has 0 spiro atoms. The number of ether oxygens (including phenoxy) is 1. The van der Waals surface area contributed by atoms with Crippen molar-refractivity contribution in [3.63, 3.8) is 0 Å². The van der Waals surface area contributed by atoms with Crippen LogP contribution in [0.3, 0.4) is 0 Å². The summed E-state index contributed by atoms with van der Waals surface area (Å²) in [4.78, 5) is 11.0. The lowest BCUT2D eigenvalue weighted by Crippen LogP contribution is -2.63. The van der Waals surface area contributed by atoms with Gasteiger partial charge in [0.15, 0.2) is 6.04 Å². The summed E-state index contributed by atoms with van der Waals surface area (Å²) >= 11 is 0. The molecule has 0 aromatic rings. The molecule has 0 aliphatic carbocycles. The van der Waals surface area contributed by atoms with E-state index in [9.17, 15) is 4.79 Å². The van der Waals surface area contributed by atoms with Crippen molar-refractivity contribution in [1.82, 2.24) is 0 Å². The summed E-state index contributed by atoms with van der Waals surface area (Å²) in [5.74, 6) is -0.0729. The van der Waals surface area contributed by atoms with E-state index in [1.54, 1.807) is 0 Å². The van der Waals surface area contributed by atoms with Crippen LogP contribution in [0.25, 0.3) is 0 Å². The van der Waals surface area contributed by atoms with E-state index in [1.807, 2.05) is 14.1 Å². The first-order valence-electron chi connectivity index (χ1n) is 3.48. The Morgan fingerprint density at radius 3 is 2.30 bits per heavy atom. The van der Waals surface area contributed by atoms with Crippen molar-refractivity contribution in [3.8, 4) is 0 Å². The van der Waals surface area contributed by atoms with Crippen molar-refractivity contribution in [3.05, 3.63) is 0 Å². The highest BCUT2D eigenvalue weighted by Crippen LogP contribution is 2.23. The molecule has 1 aliphatic rings. The zero-order valence-corrected chi connectivity index (χ0v) is 6.76. The summed E-state index contributed by atoms with van der Waals surface area (Å²) in [5.41, 5.74) is 0. The van der Waals surface area contributed by atoms with Gasteiger partial charge in [-0.05, 0) is 0 Å². The van der Waals surface area contributed by atoms with Gasteiger partial charge in [0.25, 0.3) is 0 Å². The molecule has 0 bridgehead atoms. The van der Waals surface area contributed by atoms with Crippen LogP contribution in [-0.4, -0.2) is 44.2 Å². The van der Waals surface area contributed by atoms with E-state index in [-0.39, 0.29) is 12.0 Å². The van der Waals surface area contributed by atoms with Crippen LogP contribution < -0.4 is 0 Å². The van der Waals surface area contributed by atoms with Crippen LogP contribution >= 0.6 is 0 Å². The Balaban J connectivity index is 2.51. The van der Waals surface area contributed by atoms with E-state index in [2.05, 4.69) is 4.74 Å². The normalized spacial score (nSPS) is 28.9. The molecule has 0 N–H and O–H groups in total. The third kappa shape index (κ3) is 1.01. The molecular weight excluding hydrogens is 130 g/mol. The Kier molecular flexibility index (Phi) is 1.68. The first-order chi connectivity index (χ1) is 4.58. The predicted molar refractivity (Wildman–Crippen MR) is 37.4 cm³/mol. The van der Waals surface area contributed by atoms with Gasteiger partial charge in [0.05, 0.1) is 34.2 Å². The summed E-state index contributed by atoms with van der Waals surface area (Å²) < 4.78 is 5.42. The third-order valence-corrected chi connectivity index (χ3v) is 2.30. The lowest BCUT2D eigenvalue weighted by Gasteiger charge is -2.44. The van der Waals surface area contributed by atoms with Crippen molar-refractivity contribution < 1.29 is 14.0 Å². The second kappa shape index (κ2) is 2.23. The van der Waals surface area contributed by atoms with Gasteiger partial charge in [-0.1, -0.05) is 0 Å². The second-order valence-electron chi connectivity index (χ2n) is 3.33. The lowest BCUT2D eigenvalue weighted by molar-refractivity contribution is -0.945. The monoisotopic (exact) mass is 144 g/mol. The first-order valence-corrected chi connectivity index (χ1v) is 3.48. The molecule has 1 heterocycles. The molecule has 58 valence electrons. The van der Waals surface area contributed by atoms with Crippen LogP contribution in [0, 0.1) is 0 Å². The second-order valence-corrected chi connectivity index (χ2v) is 3.33. The Morgan fingerprint density at radius 2 is 2.20 bits per heavy atom. The largest absolute Gasteiger partial charge is 0.465 e. The van der Waals surface area contributed by atoms with Gasteiger partial charge in [0.2, 0.25) is 0 Å². The molecule has 0 aromatic carbocycles. The maximum atomic E-state index is 11.0. The molecule has 0 saturated carbocycles. The number of hydrogen-bond acceptors (Lipinski definition) is 2. The van der Waals surface area contributed by atoms with E-state index >= 15 is 0 Å². The van der Waals surface area contributed by atoms with E-state index in [1.165, 1.54) is 7.11 Å². The fourth-order valence-electron chi connectivity index (χ4n) is 1.31. The highest BCUT2D eigenvalue weighted by atomic mass is 16.5. The van der Waals surface area contributed by atoms with Crippen LogP contribution in [-0.2, 0) is 9.53 Å². The van der Waals surface area contributed by atoms with Gasteiger partial charge in [-0.3, -0.25) is 0 Å². The minimum Gasteiger partial charge on any atom is -0.465 e. The predicted octanol–water partition coefficient (Wildman–Crippen LogP) is 0.00810.